The number of primary amides is 1. The van der Waals surface area contributed by atoms with Gasteiger partial charge in [0, 0.05) is 14.1 Å². The Hall–Kier alpha value is -3.07. The fourth-order valence-corrected chi connectivity index (χ4v) is 4.39. The van der Waals surface area contributed by atoms with Gasteiger partial charge in [0.05, 0.1) is 21.6 Å². The maximum absolute atomic E-state index is 13.2. The van der Waals surface area contributed by atoms with Crippen LogP contribution in [0, 0.1) is 6.92 Å². The minimum Gasteiger partial charge on any atom is -0.368 e. The van der Waals surface area contributed by atoms with Gasteiger partial charge in [0.25, 0.3) is 10.0 Å². The highest BCUT2D eigenvalue weighted by atomic mass is 32.2. The molecule has 0 aliphatic carbocycles. The smallest absolute Gasteiger partial charge is 0.328 e. The van der Waals surface area contributed by atoms with Crippen molar-refractivity contribution in [2.45, 2.75) is 11.8 Å². The minimum absolute atomic E-state index is 0.0296. The van der Waals surface area contributed by atoms with Gasteiger partial charge in [-0.25, -0.2) is 13.2 Å². The van der Waals surface area contributed by atoms with Gasteiger partial charge in [-0.05, 0) is 37.3 Å². The fraction of sp³-hybridized carbons (Fsp3) is 0.222. The van der Waals surface area contributed by atoms with Crippen molar-refractivity contribution >= 4 is 32.7 Å². The van der Waals surface area contributed by atoms with Crippen LogP contribution in [0.5, 0.6) is 0 Å². The molecule has 27 heavy (non-hydrogen) atoms. The van der Waals surface area contributed by atoms with Crippen LogP contribution in [0.25, 0.3) is 11.0 Å². The summed E-state index contributed by atoms with van der Waals surface area (Å²) in [7, 11) is -0.879. The largest absolute Gasteiger partial charge is 0.368 e. The van der Waals surface area contributed by atoms with E-state index in [9.17, 15) is 18.0 Å². The molecule has 1 aromatic heterocycles. The van der Waals surface area contributed by atoms with Crippen molar-refractivity contribution in [3.63, 3.8) is 0 Å². The lowest BCUT2D eigenvalue weighted by atomic mass is 10.2. The van der Waals surface area contributed by atoms with E-state index in [2.05, 4.69) is 0 Å². The lowest BCUT2D eigenvalue weighted by molar-refractivity contribution is -0.116. The average molecular weight is 388 g/mol. The third-order valence-corrected chi connectivity index (χ3v) is 6.22. The Bertz CT molecular complexity index is 1190. The Balaban J connectivity index is 2.18. The van der Waals surface area contributed by atoms with Gasteiger partial charge in [0.15, 0.2) is 0 Å². The number of sulfonamides is 1. The molecule has 0 radical (unpaired) electrons. The van der Waals surface area contributed by atoms with Crippen molar-refractivity contribution in [2.24, 2.45) is 19.8 Å². The summed E-state index contributed by atoms with van der Waals surface area (Å²) >= 11 is 0. The van der Waals surface area contributed by atoms with Crippen LogP contribution in [0.15, 0.2) is 52.2 Å². The van der Waals surface area contributed by atoms with E-state index in [4.69, 9.17) is 5.73 Å². The molecule has 0 atom stereocenters. The first kappa shape index (κ1) is 18.7. The number of hydrogen-bond acceptors (Lipinski definition) is 4. The summed E-state index contributed by atoms with van der Waals surface area (Å²) in [6.45, 7) is 1.39. The van der Waals surface area contributed by atoms with Crippen molar-refractivity contribution in [1.82, 2.24) is 9.13 Å². The second-order valence-corrected chi connectivity index (χ2v) is 8.23. The van der Waals surface area contributed by atoms with E-state index in [0.29, 0.717) is 16.7 Å². The number of nitrogens with zero attached hydrogens (tertiary/aromatic N) is 3. The van der Waals surface area contributed by atoms with Crippen molar-refractivity contribution in [2.75, 3.05) is 10.8 Å². The van der Waals surface area contributed by atoms with Crippen molar-refractivity contribution in [3.05, 3.63) is 58.5 Å². The zero-order chi connectivity index (χ0) is 19.9. The highest BCUT2D eigenvalue weighted by molar-refractivity contribution is 7.92. The minimum atomic E-state index is -4.07. The van der Waals surface area contributed by atoms with Crippen LogP contribution in [0.3, 0.4) is 0 Å². The van der Waals surface area contributed by atoms with E-state index < -0.39 is 22.5 Å². The molecular weight excluding hydrogens is 368 g/mol. The number of anilines is 1. The van der Waals surface area contributed by atoms with Crippen LogP contribution < -0.4 is 15.7 Å². The molecular formula is C18H20N4O4S. The number of rotatable bonds is 5. The van der Waals surface area contributed by atoms with E-state index in [1.54, 1.807) is 44.4 Å². The molecule has 2 N–H and O–H groups in total. The molecule has 1 amide bonds. The summed E-state index contributed by atoms with van der Waals surface area (Å²) < 4.78 is 30.2. The number of benzene rings is 2. The molecule has 142 valence electrons. The second kappa shape index (κ2) is 6.58. The lowest BCUT2D eigenvalue weighted by Gasteiger charge is -2.23. The molecule has 1 heterocycles. The molecule has 0 aliphatic rings. The standard InChI is InChI=1S/C18H20N4O4S/c1-12-4-6-13(7-5-12)22(11-17(19)23)27(25,26)14-8-9-15-16(10-14)21(3)18(24)20(15)2/h4-10H,11H2,1-3H3,(H2,19,23). The van der Waals surface area contributed by atoms with Gasteiger partial charge in [-0.2, -0.15) is 0 Å². The van der Waals surface area contributed by atoms with Gasteiger partial charge in [-0.1, -0.05) is 17.7 Å². The molecule has 8 nitrogen and oxygen atoms in total. The zero-order valence-electron chi connectivity index (χ0n) is 15.2. The number of amides is 1. The predicted octanol–water partition coefficient (Wildman–Crippen LogP) is 0.866. The normalized spacial score (nSPS) is 11.7. The number of fused-ring (bicyclic) bond motifs is 1. The molecule has 0 bridgehead atoms. The summed E-state index contributed by atoms with van der Waals surface area (Å²) in [5, 5.41) is 0. The maximum Gasteiger partial charge on any atom is 0.328 e. The van der Waals surface area contributed by atoms with Gasteiger partial charge in [-0.15, -0.1) is 0 Å². The summed E-state index contributed by atoms with van der Waals surface area (Å²) in [5.74, 6) is -0.771. The van der Waals surface area contributed by atoms with E-state index in [-0.39, 0.29) is 10.6 Å². The number of aromatic nitrogens is 2. The average Bonchev–Trinajstić information content (AvgIpc) is 2.84. The van der Waals surface area contributed by atoms with E-state index in [1.165, 1.54) is 21.3 Å². The molecule has 9 heteroatoms. The van der Waals surface area contributed by atoms with Gasteiger partial charge in [0.2, 0.25) is 5.91 Å². The Labute approximate surface area is 156 Å². The molecule has 2 aromatic carbocycles. The van der Waals surface area contributed by atoms with Crippen LogP contribution in [-0.4, -0.2) is 30.0 Å². The van der Waals surface area contributed by atoms with Crippen molar-refractivity contribution in [1.29, 1.82) is 0 Å². The molecule has 3 rings (SSSR count). The highest BCUT2D eigenvalue weighted by Gasteiger charge is 2.27. The van der Waals surface area contributed by atoms with Crippen LogP contribution in [-0.2, 0) is 28.9 Å². The third-order valence-electron chi connectivity index (χ3n) is 4.45. The monoisotopic (exact) mass is 388 g/mol. The van der Waals surface area contributed by atoms with Gasteiger partial charge < -0.3 is 5.73 Å². The fourth-order valence-electron chi connectivity index (χ4n) is 2.94. The number of hydrogen-bond donors (Lipinski definition) is 1. The first-order chi connectivity index (χ1) is 12.6. The predicted molar refractivity (Wildman–Crippen MR) is 103 cm³/mol. The quantitative estimate of drug-likeness (QED) is 0.699. The summed E-state index contributed by atoms with van der Waals surface area (Å²) in [4.78, 5) is 23.6. The number of nitrogens with two attached hydrogens (primary N) is 1. The second-order valence-electron chi connectivity index (χ2n) is 6.36. The topological polar surface area (TPSA) is 107 Å². The highest BCUT2D eigenvalue weighted by Crippen LogP contribution is 2.26. The van der Waals surface area contributed by atoms with E-state index in [0.717, 1.165) is 9.87 Å². The van der Waals surface area contributed by atoms with E-state index >= 15 is 0 Å². The van der Waals surface area contributed by atoms with Crippen LogP contribution in [0.1, 0.15) is 5.56 Å². The molecule has 0 spiro atoms. The Morgan fingerprint density at radius 2 is 1.63 bits per heavy atom. The van der Waals surface area contributed by atoms with Gasteiger partial charge >= 0.3 is 5.69 Å². The molecule has 0 saturated carbocycles. The maximum atomic E-state index is 13.2. The van der Waals surface area contributed by atoms with Crippen LogP contribution >= 0.6 is 0 Å². The Kier molecular flexibility index (Phi) is 4.56. The summed E-state index contributed by atoms with van der Waals surface area (Å²) in [6.07, 6.45) is 0. The molecule has 3 aromatic rings. The van der Waals surface area contributed by atoms with E-state index in [1.807, 2.05) is 6.92 Å². The number of carbonyl (C=O) groups is 1. The zero-order valence-corrected chi connectivity index (χ0v) is 16.0. The van der Waals surface area contributed by atoms with Gasteiger partial charge in [-0.3, -0.25) is 18.2 Å². The number of imidazole rings is 1. The molecule has 0 saturated heterocycles. The van der Waals surface area contributed by atoms with Crippen molar-refractivity contribution < 1.29 is 13.2 Å². The first-order valence-electron chi connectivity index (χ1n) is 8.16. The van der Waals surface area contributed by atoms with Crippen LogP contribution in [0.4, 0.5) is 5.69 Å². The summed E-state index contributed by atoms with van der Waals surface area (Å²) in [6, 6.07) is 11.2. The van der Waals surface area contributed by atoms with Crippen LogP contribution in [0.2, 0.25) is 0 Å². The molecule has 0 aliphatic heterocycles. The summed E-state index contributed by atoms with van der Waals surface area (Å²) in [5.41, 5.74) is 7.40. The SMILES string of the molecule is Cc1ccc(N(CC(N)=O)S(=O)(=O)c2ccc3c(c2)n(C)c(=O)n3C)cc1. The van der Waals surface area contributed by atoms with Crippen molar-refractivity contribution in [3.8, 4) is 0 Å². The van der Waals surface area contributed by atoms with Gasteiger partial charge in [0.1, 0.15) is 6.54 Å². The Morgan fingerprint density at radius 1 is 1.04 bits per heavy atom. The number of aryl methyl sites for hydroxylation is 3. The molecule has 0 fully saturated rings. The third kappa shape index (κ3) is 3.21. The Morgan fingerprint density at radius 3 is 2.22 bits per heavy atom. The number of carbonyl (C=O) groups excluding carboxylic acids is 1. The lowest BCUT2D eigenvalue weighted by Crippen LogP contribution is -2.38. The first-order valence-corrected chi connectivity index (χ1v) is 9.60. The molecule has 0 unspecified atom stereocenters.